The smallest absolute Gasteiger partial charge is 0.0268 e. The van der Waals surface area contributed by atoms with Gasteiger partial charge >= 0.3 is 0 Å². The second-order valence-electron chi connectivity index (χ2n) is 4.58. The van der Waals surface area contributed by atoms with Crippen LogP contribution in [0.4, 0.5) is 0 Å². The molecular weight excluding hydrogens is 156 g/mol. The minimum absolute atomic E-state index is 0. The molecule has 0 N–H and O–H groups in total. The first kappa shape index (κ1) is 15.0. The molecule has 0 bridgehead atoms. The van der Waals surface area contributed by atoms with Crippen LogP contribution < -0.4 is 0 Å². The summed E-state index contributed by atoms with van der Waals surface area (Å²) in [5.41, 5.74) is 2.96. The minimum atomic E-state index is 0. The predicted molar refractivity (Wildman–Crippen MR) is 64.0 cm³/mol. The molecule has 0 heterocycles. The Morgan fingerprint density at radius 1 is 1.15 bits per heavy atom. The van der Waals surface area contributed by atoms with Crippen molar-refractivity contribution >= 4 is 0 Å². The summed E-state index contributed by atoms with van der Waals surface area (Å²) in [5.74, 6) is 0. The van der Waals surface area contributed by atoms with Crippen molar-refractivity contribution in [3.05, 3.63) is 24.3 Å². The molecule has 0 spiro atoms. The van der Waals surface area contributed by atoms with Gasteiger partial charge in [-0.3, -0.25) is 0 Å². The van der Waals surface area contributed by atoms with Crippen molar-refractivity contribution in [2.45, 2.75) is 54.4 Å². The lowest BCUT2D eigenvalue weighted by Gasteiger charge is -2.25. The average molecular weight is 182 g/mol. The second-order valence-corrected chi connectivity index (χ2v) is 4.58. The van der Waals surface area contributed by atoms with Crippen molar-refractivity contribution in [2.75, 3.05) is 0 Å². The molecule has 0 aliphatic heterocycles. The van der Waals surface area contributed by atoms with E-state index in [1.807, 2.05) is 0 Å². The van der Waals surface area contributed by atoms with E-state index in [0.29, 0.717) is 5.41 Å². The normalized spacial score (nSPS) is 10.5. The highest BCUT2D eigenvalue weighted by molar-refractivity contribution is 5.02. The zero-order valence-corrected chi connectivity index (χ0v) is 9.04. The van der Waals surface area contributed by atoms with Gasteiger partial charge in [0.15, 0.2) is 0 Å². The lowest BCUT2D eigenvalue weighted by atomic mass is 9.80. The highest BCUT2D eigenvalue weighted by Gasteiger charge is 2.18. The molecule has 0 aromatic heterocycles. The van der Waals surface area contributed by atoms with Crippen LogP contribution in [0.1, 0.15) is 54.4 Å². The van der Waals surface area contributed by atoms with E-state index >= 15 is 0 Å². The first-order chi connectivity index (χ1) is 5.37. The molecule has 0 aliphatic carbocycles. The molecule has 0 radical (unpaired) electrons. The van der Waals surface area contributed by atoms with Gasteiger partial charge in [0.25, 0.3) is 0 Å². The van der Waals surface area contributed by atoms with Gasteiger partial charge in [0.1, 0.15) is 0 Å². The average Bonchev–Trinajstić information content (AvgIpc) is 1.83. The van der Waals surface area contributed by atoms with E-state index in [1.54, 1.807) is 0 Å². The van der Waals surface area contributed by atoms with Gasteiger partial charge < -0.3 is 0 Å². The van der Waals surface area contributed by atoms with E-state index in [4.69, 9.17) is 0 Å². The van der Waals surface area contributed by atoms with Crippen LogP contribution in [0, 0.1) is 5.41 Å². The number of allylic oxidation sites excluding steroid dienone is 2. The maximum Gasteiger partial charge on any atom is -0.0268 e. The predicted octanol–water partition coefficient (Wildman–Crippen LogP) is 4.97. The lowest BCUT2D eigenvalue weighted by Crippen LogP contribution is -2.12. The molecule has 0 fully saturated rings. The van der Waals surface area contributed by atoms with Crippen LogP contribution >= 0.6 is 0 Å². The Kier molecular flexibility index (Phi) is 6.93. The van der Waals surface area contributed by atoms with Gasteiger partial charge in [-0.05, 0) is 31.6 Å². The highest BCUT2D eigenvalue weighted by Crippen LogP contribution is 2.31. The second kappa shape index (κ2) is 6.01. The van der Waals surface area contributed by atoms with E-state index in [9.17, 15) is 0 Å². The first-order valence-electron chi connectivity index (χ1n) is 4.68. The van der Waals surface area contributed by atoms with Gasteiger partial charge in [0.2, 0.25) is 0 Å². The Labute approximate surface area is 84.7 Å². The van der Waals surface area contributed by atoms with Crippen LogP contribution in [-0.4, -0.2) is 0 Å². The number of hydrogen-bond donors (Lipinski definition) is 0. The molecule has 0 nitrogen and oxygen atoms in total. The Morgan fingerprint density at radius 3 is 1.92 bits per heavy atom. The first-order valence-corrected chi connectivity index (χ1v) is 4.68. The van der Waals surface area contributed by atoms with Crippen LogP contribution in [0.2, 0.25) is 0 Å². The van der Waals surface area contributed by atoms with Gasteiger partial charge in [-0.15, -0.1) is 6.58 Å². The molecule has 0 saturated heterocycles. The monoisotopic (exact) mass is 182 g/mol. The van der Waals surface area contributed by atoms with Crippen molar-refractivity contribution in [3.63, 3.8) is 0 Å². The molecule has 0 saturated carbocycles. The molecule has 0 heteroatoms. The molecule has 13 heavy (non-hydrogen) atoms. The van der Waals surface area contributed by atoms with Crippen molar-refractivity contribution in [1.82, 2.24) is 0 Å². The Bertz CT molecular complexity index is 172. The third-order valence-electron chi connectivity index (χ3n) is 2.01. The quantitative estimate of drug-likeness (QED) is 0.526. The molecule has 78 valence electrons. The fourth-order valence-corrected chi connectivity index (χ4v) is 1.68. The molecular formula is C13H26. The maximum atomic E-state index is 4.04. The van der Waals surface area contributed by atoms with Gasteiger partial charge in [0.05, 0.1) is 0 Å². The molecule has 0 unspecified atom stereocenters. The van der Waals surface area contributed by atoms with E-state index in [2.05, 4.69) is 40.9 Å². The van der Waals surface area contributed by atoms with Gasteiger partial charge in [0, 0.05) is 0 Å². The maximum absolute atomic E-state index is 4.04. The third kappa shape index (κ3) is 7.83. The van der Waals surface area contributed by atoms with Crippen LogP contribution in [0.3, 0.4) is 0 Å². The molecule has 0 atom stereocenters. The van der Waals surface area contributed by atoms with Crippen LogP contribution in [0.5, 0.6) is 0 Å². The van der Waals surface area contributed by atoms with Crippen LogP contribution in [-0.2, 0) is 0 Å². The highest BCUT2D eigenvalue weighted by atomic mass is 14.2. The summed E-state index contributed by atoms with van der Waals surface area (Å²) in [4.78, 5) is 0. The summed E-state index contributed by atoms with van der Waals surface area (Å²) in [6, 6.07) is 0. The topological polar surface area (TPSA) is 0 Å². The van der Waals surface area contributed by atoms with Gasteiger partial charge in [-0.2, -0.15) is 0 Å². The Morgan fingerprint density at radius 2 is 1.62 bits per heavy atom. The van der Waals surface area contributed by atoms with E-state index in [1.165, 1.54) is 11.1 Å². The molecule has 0 aromatic carbocycles. The fourth-order valence-electron chi connectivity index (χ4n) is 1.68. The Hall–Kier alpha value is -0.520. The summed E-state index contributed by atoms with van der Waals surface area (Å²) in [6.07, 6.45) is 3.32. The van der Waals surface area contributed by atoms with Crippen molar-refractivity contribution in [2.24, 2.45) is 5.41 Å². The molecule has 0 aromatic rings. The SMILES string of the molecule is C.C=C(C)CC(C)(C)CC(=C)CC. The zero-order chi connectivity index (χ0) is 9.78. The standard InChI is InChI=1S/C12H22.CH4/c1-7-11(4)9-12(5,6)8-10(2)3;/h2,4,7-9H2,1,3,5-6H3;1H4. The largest absolute Gasteiger partial charge is 0.100 e. The van der Waals surface area contributed by atoms with E-state index in [-0.39, 0.29) is 7.43 Å². The molecule has 0 rings (SSSR count). The van der Waals surface area contributed by atoms with Crippen LogP contribution in [0.25, 0.3) is 0 Å². The van der Waals surface area contributed by atoms with Gasteiger partial charge in [-0.25, -0.2) is 0 Å². The molecule has 0 aliphatic rings. The number of rotatable bonds is 5. The zero-order valence-electron chi connectivity index (χ0n) is 9.04. The summed E-state index contributed by atoms with van der Waals surface area (Å²) in [7, 11) is 0. The third-order valence-corrected chi connectivity index (χ3v) is 2.01. The van der Waals surface area contributed by atoms with Crippen molar-refractivity contribution < 1.29 is 0 Å². The summed E-state index contributed by atoms with van der Waals surface area (Å²) in [6.45, 7) is 16.8. The fraction of sp³-hybridized carbons (Fsp3) is 0.692. The lowest BCUT2D eigenvalue weighted by molar-refractivity contribution is 0.356. The number of hydrogen-bond acceptors (Lipinski definition) is 0. The van der Waals surface area contributed by atoms with Crippen molar-refractivity contribution in [3.8, 4) is 0 Å². The summed E-state index contributed by atoms with van der Waals surface area (Å²) in [5, 5.41) is 0. The Balaban J connectivity index is 0. The van der Waals surface area contributed by atoms with Crippen LogP contribution in [0.15, 0.2) is 24.3 Å². The summed E-state index contributed by atoms with van der Waals surface area (Å²) < 4.78 is 0. The summed E-state index contributed by atoms with van der Waals surface area (Å²) >= 11 is 0. The van der Waals surface area contributed by atoms with Crippen molar-refractivity contribution in [1.29, 1.82) is 0 Å². The van der Waals surface area contributed by atoms with E-state index in [0.717, 1.165) is 19.3 Å². The van der Waals surface area contributed by atoms with E-state index < -0.39 is 0 Å². The molecule has 0 amide bonds. The minimum Gasteiger partial charge on any atom is -0.100 e. The van der Waals surface area contributed by atoms with Gasteiger partial charge in [-0.1, -0.05) is 45.9 Å².